The predicted octanol–water partition coefficient (Wildman–Crippen LogP) is -0.0838. The predicted molar refractivity (Wildman–Crippen MR) is 60.1 cm³/mol. The fourth-order valence-corrected chi connectivity index (χ4v) is 1.28. The number of rotatable bonds is 3. The Morgan fingerprint density at radius 1 is 1.41 bits per heavy atom. The molecule has 7 heteroatoms. The number of nitrogens with two attached hydrogens (primary N) is 1. The molecule has 1 aromatic rings. The number of likely N-dealkylation sites (N-methyl/N-ethyl adjacent to an activating group) is 1. The first kappa shape index (κ1) is 12.6. The summed E-state index contributed by atoms with van der Waals surface area (Å²) in [5.41, 5.74) is 5.03. The van der Waals surface area contributed by atoms with Gasteiger partial charge in [0.2, 0.25) is 0 Å². The molecule has 0 saturated carbocycles. The highest BCUT2D eigenvalue weighted by Crippen LogP contribution is 2.27. The number of aromatic hydroxyl groups is 2. The summed E-state index contributed by atoms with van der Waals surface area (Å²) in [5, 5.41) is 30.1. The molecule has 0 aliphatic carbocycles. The van der Waals surface area contributed by atoms with Crippen molar-refractivity contribution in [2.24, 2.45) is 10.9 Å². The standard InChI is InChI=1S/C10H13N3O4/c1-13(5-8(11)12-17)10(16)9-6(14)3-2-4-7(9)15/h2-4,14-15,17H,5H2,1H3,(H2,11,12). The van der Waals surface area contributed by atoms with E-state index in [2.05, 4.69) is 5.16 Å². The molecule has 0 heterocycles. The van der Waals surface area contributed by atoms with Crippen LogP contribution in [0.4, 0.5) is 0 Å². The van der Waals surface area contributed by atoms with Gasteiger partial charge in [-0.3, -0.25) is 4.79 Å². The number of amidine groups is 1. The molecule has 0 spiro atoms. The summed E-state index contributed by atoms with van der Waals surface area (Å²) in [5.74, 6) is -1.45. The number of nitrogens with zero attached hydrogens (tertiary/aromatic N) is 2. The topological polar surface area (TPSA) is 119 Å². The van der Waals surface area contributed by atoms with Crippen molar-refractivity contribution in [1.82, 2.24) is 4.90 Å². The van der Waals surface area contributed by atoms with Gasteiger partial charge in [0.15, 0.2) is 5.84 Å². The van der Waals surface area contributed by atoms with Crippen LogP contribution < -0.4 is 5.73 Å². The van der Waals surface area contributed by atoms with Crippen molar-refractivity contribution in [2.75, 3.05) is 13.6 Å². The van der Waals surface area contributed by atoms with Crippen LogP contribution in [-0.2, 0) is 0 Å². The minimum atomic E-state index is -0.632. The highest BCUT2D eigenvalue weighted by atomic mass is 16.4. The SMILES string of the molecule is CN(C/C(N)=N/O)C(=O)c1c(O)cccc1O. The van der Waals surface area contributed by atoms with E-state index in [1.807, 2.05) is 0 Å². The normalized spacial score (nSPS) is 11.2. The number of carbonyl (C=O) groups excluding carboxylic acids is 1. The molecular formula is C10H13N3O4. The molecule has 0 unspecified atom stereocenters. The first-order chi connectivity index (χ1) is 7.97. The van der Waals surface area contributed by atoms with Crippen molar-refractivity contribution < 1.29 is 20.2 Å². The maximum Gasteiger partial charge on any atom is 0.261 e. The van der Waals surface area contributed by atoms with Crippen molar-refractivity contribution >= 4 is 11.7 Å². The second-order valence-corrected chi connectivity index (χ2v) is 3.42. The summed E-state index contributed by atoms with van der Waals surface area (Å²) in [6, 6.07) is 3.97. The van der Waals surface area contributed by atoms with Gasteiger partial charge in [0.1, 0.15) is 17.1 Å². The summed E-state index contributed by atoms with van der Waals surface area (Å²) in [6.07, 6.45) is 0. The van der Waals surface area contributed by atoms with Gasteiger partial charge in [-0.2, -0.15) is 0 Å². The number of amides is 1. The van der Waals surface area contributed by atoms with E-state index in [0.717, 1.165) is 4.90 Å². The Kier molecular flexibility index (Phi) is 3.76. The Balaban J connectivity index is 2.97. The number of hydrogen-bond donors (Lipinski definition) is 4. The average Bonchev–Trinajstić information content (AvgIpc) is 2.28. The molecule has 0 atom stereocenters. The molecule has 1 amide bonds. The van der Waals surface area contributed by atoms with Crippen LogP contribution in [0, 0.1) is 0 Å². The largest absolute Gasteiger partial charge is 0.507 e. The second-order valence-electron chi connectivity index (χ2n) is 3.42. The third-order valence-electron chi connectivity index (χ3n) is 2.11. The fourth-order valence-electron chi connectivity index (χ4n) is 1.28. The van der Waals surface area contributed by atoms with Gasteiger partial charge in [0.25, 0.3) is 5.91 Å². The lowest BCUT2D eigenvalue weighted by molar-refractivity contribution is 0.0807. The Morgan fingerprint density at radius 3 is 2.41 bits per heavy atom. The van der Waals surface area contributed by atoms with Crippen LogP contribution in [0.1, 0.15) is 10.4 Å². The van der Waals surface area contributed by atoms with Crippen molar-refractivity contribution in [2.45, 2.75) is 0 Å². The summed E-state index contributed by atoms with van der Waals surface area (Å²) in [4.78, 5) is 13.0. The zero-order valence-electron chi connectivity index (χ0n) is 9.16. The van der Waals surface area contributed by atoms with Gasteiger partial charge in [-0.25, -0.2) is 0 Å². The van der Waals surface area contributed by atoms with Crippen LogP contribution in [-0.4, -0.2) is 45.7 Å². The number of phenolic OH excluding ortho intramolecular Hbond substituents is 2. The van der Waals surface area contributed by atoms with Crippen LogP contribution in [0.5, 0.6) is 11.5 Å². The van der Waals surface area contributed by atoms with E-state index >= 15 is 0 Å². The minimum Gasteiger partial charge on any atom is -0.507 e. The van der Waals surface area contributed by atoms with Gasteiger partial charge in [0, 0.05) is 7.05 Å². The summed E-state index contributed by atoms with van der Waals surface area (Å²) < 4.78 is 0. The summed E-state index contributed by atoms with van der Waals surface area (Å²) in [6.45, 7) is -0.122. The molecule has 0 aliphatic heterocycles. The number of phenols is 2. The highest BCUT2D eigenvalue weighted by molar-refractivity contribution is 6.01. The van der Waals surface area contributed by atoms with E-state index in [9.17, 15) is 15.0 Å². The molecule has 0 fully saturated rings. The Labute approximate surface area is 97.4 Å². The maximum absolute atomic E-state index is 11.9. The molecule has 5 N–H and O–H groups in total. The Morgan fingerprint density at radius 2 is 1.94 bits per heavy atom. The number of oxime groups is 1. The molecule has 92 valence electrons. The van der Waals surface area contributed by atoms with E-state index in [1.165, 1.54) is 25.2 Å². The second kappa shape index (κ2) is 5.06. The monoisotopic (exact) mass is 239 g/mol. The van der Waals surface area contributed by atoms with Gasteiger partial charge < -0.3 is 26.1 Å². The van der Waals surface area contributed by atoms with Crippen LogP contribution >= 0.6 is 0 Å². The fraction of sp³-hybridized carbons (Fsp3) is 0.200. The third kappa shape index (κ3) is 2.77. The molecule has 0 aromatic heterocycles. The van der Waals surface area contributed by atoms with Gasteiger partial charge >= 0.3 is 0 Å². The number of carbonyl (C=O) groups is 1. The summed E-state index contributed by atoms with van der Waals surface area (Å²) >= 11 is 0. The van der Waals surface area contributed by atoms with Gasteiger partial charge in [-0.1, -0.05) is 11.2 Å². The molecular weight excluding hydrogens is 226 g/mol. The van der Waals surface area contributed by atoms with Crippen molar-refractivity contribution in [3.8, 4) is 11.5 Å². The molecule has 0 aliphatic rings. The van der Waals surface area contributed by atoms with E-state index in [1.54, 1.807) is 0 Å². The number of benzene rings is 1. The van der Waals surface area contributed by atoms with E-state index in [4.69, 9.17) is 10.9 Å². The van der Waals surface area contributed by atoms with Crippen molar-refractivity contribution in [3.63, 3.8) is 0 Å². The van der Waals surface area contributed by atoms with Gasteiger partial charge in [-0.15, -0.1) is 0 Å². The molecule has 0 bridgehead atoms. The molecule has 0 radical (unpaired) electrons. The van der Waals surface area contributed by atoms with Crippen molar-refractivity contribution in [3.05, 3.63) is 23.8 Å². The summed E-state index contributed by atoms with van der Waals surface area (Å²) in [7, 11) is 1.40. The molecule has 17 heavy (non-hydrogen) atoms. The van der Waals surface area contributed by atoms with E-state index in [-0.39, 0.29) is 29.4 Å². The smallest absolute Gasteiger partial charge is 0.261 e. The zero-order valence-corrected chi connectivity index (χ0v) is 9.16. The lowest BCUT2D eigenvalue weighted by Crippen LogP contribution is -2.35. The van der Waals surface area contributed by atoms with Gasteiger partial charge in [-0.05, 0) is 12.1 Å². The molecule has 1 aromatic carbocycles. The lowest BCUT2D eigenvalue weighted by atomic mass is 10.1. The first-order valence-electron chi connectivity index (χ1n) is 4.70. The van der Waals surface area contributed by atoms with Crippen LogP contribution in [0.3, 0.4) is 0 Å². The van der Waals surface area contributed by atoms with Crippen molar-refractivity contribution in [1.29, 1.82) is 0 Å². The molecule has 0 saturated heterocycles. The van der Waals surface area contributed by atoms with Gasteiger partial charge in [0.05, 0.1) is 6.54 Å². The van der Waals surface area contributed by atoms with Crippen LogP contribution in [0.15, 0.2) is 23.4 Å². The molecule has 7 nitrogen and oxygen atoms in total. The van der Waals surface area contributed by atoms with E-state index < -0.39 is 5.91 Å². The Bertz CT molecular complexity index is 439. The first-order valence-corrected chi connectivity index (χ1v) is 4.70. The zero-order chi connectivity index (χ0) is 13.0. The van der Waals surface area contributed by atoms with Crippen LogP contribution in [0.2, 0.25) is 0 Å². The average molecular weight is 239 g/mol. The minimum absolute atomic E-state index is 0.122. The van der Waals surface area contributed by atoms with E-state index in [0.29, 0.717) is 0 Å². The van der Waals surface area contributed by atoms with Crippen LogP contribution in [0.25, 0.3) is 0 Å². The quantitative estimate of drug-likeness (QED) is 0.254. The maximum atomic E-state index is 11.9. The number of hydrogen-bond acceptors (Lipinski definition) is 5. The third-order valence-corrected chi connectivity index (χ3v) is 2.11. The lowest BCUT2D eigenvalue weighted by Gasteiger charge is -2.17. The highest BCUT2D eigenvalue weighted by Gasteiger charge is 2.20. The Hall–Kier alpha value is -2.44. The molecule has 1 rings (SSSR count).